The molecule has 64 valence electrons. The molecule has 0 radical (unpaired) electrons. The number of rotatable bonds is 3. The molecule has 0 fully saturated rings. The summed E-state index contributed by atoms with van der Waals surface area (Å²) in [5.74, 6) is 0. The van der Waals surface area contributed by atoms with E-state index in [-0.39, 0.29) is 5.69 Å². The number of nitrogens with zero attached hydrogens (tertiary/aromatic N) is 1. The van der Waals surface area contributed by atoms with E-state index in [2.05, 4.69) is 0 Å². The fourth-order valence-corrected chi connectivity index (χ4v) is 1.16. The molecule has 0 aliphatic heterocycles. The first kappa shape index (κ1) is 9.02. The van der Waals surface area contributed by atoms with Crippen molar-refractivity contribution in [1.82, 2.24) is 0 Å². The first-order chi connectivity index (χ1) is 5.74. The molecule has 0 heterocycles. The Morgan fingerprint density at radius 3 is 2.42 bits per heavy atom. The molecule has 5 heteroatoms. The third-order valence-electron chi connectivity index (χ3n) is 1.23. The lowest BCUT2D eigenvalue weighted by molar-refractivity contribution is -0.384. The molecule has 0 saturated carbocycles. The summed E-state index contributed by atoms with van der Waals surface area (Å²) in [6, 6.07) is 6.18. The number of nitro benzene ring substituents is 1. The van der Waals surface area contributed by atoms with Crippen molar-refractivity contribution >= 4 is 17.7 Å². The first-order valence-corrected chi connectivity index (χ1v) is 3.93. The van der Waals surface area contributed by atoms with Crippen molar-refractivity contribution in [2.75, 3.05) is 7.11 Å². The molecule has 1 aromatic carbocycles. The second-order valence-corrected chi connectivity index (χ2v) is 2.97. The van der Waals surface area contributed by atoms with Gasteiger partial charge in [-0.3, -0.25) is 10.1 Å². The topological polar surface area (TPSA) is 52.4 Å². The van der Waals surface area contributed by atoms with Gasteiger partial charge < -0.3 is 4.18 Å². The Morgan fingerprint density at radius 1 is 1.42 bits per heavy atom. The molecular weight excluding hydrogens is 178 g/mol. The summed E-state index contributed by atoms with van der Waals surface area (Å²) in [5.41, 5.74) is 0.0930. The van der Waals surface area contributed by atoms with Gasteiger partial charge in [0.2, 0.25) is 0 Å². The number of benzene rings is 1. The van der Waals surface area contributed by atoms with Crippen LogP contribution in [0, 0.1) is 10.1 Å². The molecule has 0 bridgehead atoms. The zero-order valence-electron chi connectivity index (χ0n) is 6.39. The monoisotopic (exact) mass is 185 g/mol. The van der Waals surface area contributed by atoms with E-state index in [0.29, 0.717) is 0 Å². The van der Waals surface area contributed by atoms with Gasteiger partial charge in [0.05, 0.1) is 12.0 Å². The largest absolute Gasteiger partial charge is 0.314 e. The third kappa shape index (κ3) is 2.21. The summed E-state index contributed by atoms with van der Waals surface area (Å²) in [4.78, 5) is 10.7. The minimum atomic E-state index is -0.429. The standard InChI is InChI=1S/C7H7NO3S/c1-11-12-7-4-2-6(3-5-7)8(9)10/h2-5H,1H3. The third-order valence-corrected chi connectivity index (χ3v) is 1.86. The highest BCUT2D eigenvalue weighted by molar-refractivity contribution is 7.94. The fourth-order valence-electron chi connectivity index (χ4n) is 0.720. The van der Waals surface area contributed by atoms with E-state index in [0.717, 1.165) is 4.90 Å². The summed E-state index contributed by atoms with van der Waals surface area (Å²) in [7, 11) is 1.55. The Hall–Kier alpha value is -1.07. The van der Waals surface area contributed by atoms with Crippen molar-refractivity contribution in [3.8, 4) is 0 Å². The highest BCUT2D eigenvalue weighted by Crippen LogP contribution is 2.20. The van der Waals surface area contributed by atoms with Crippen LogP contribution in [0.4, 0.5) is 5.69 Å². The lowest BCUT2D eigenvalue weighted by Gasteiger charge is -1.95. The maximum Gasteiger partial charge on any atom is 0.269 e. The number of non-ortho nitro benzene ring substituents is 1. The highest BCUT2D eigenvalue weighted by Gasteiger charge is 2.03. The summed E-state index contributed by atoms with van der Waals surface area (Å²) < 4.78 is 4.78. The van der Waals surface area contributed by atoms with Gasteiger partial charge in [0.25, 0.3) is 5.69 Å². The van der Waals surface area contributed by atoms with Gasteiger partial charge in [-0.25, -0.2) is 0 Å². The van der Waals surface area contributed by atoms with E-state index in [1.165, 1.54) is 24.2 Å². The van der Waals surface area contributed by atoms with Crippen LogP contribution in [-0.4, -0.2) is 12.0 Å². The normalized spacial score (nSPS) is 9.75. The van der Waals surface area contributed by atoms with Crippen LogP contribution in [0.2, 0.25) is 0 Å². The SMILES string of the molecule is COSc1ccc([N+](=O)[O-])cc1. The van der Waals surface area contributed by atoms with Crippen molar-refractivity contribution < 1.29 is 9.11 Å². The van der Waals surface area contributed by atoms with Crippen LogP contribution >= 0.6 is 12.0 Å². The van der Waals surface area contributed by atoms with Crippen molar-refractivity contribution in [1.29, 1.82) is 0 Å². The molecule has 0 N–H and O–H groups in total. The zero-order chi connectivity index (χ0) is 8.97. The minimum Gasteiger partial charge on any atom is -0.314 e. The number of nitro groups is 1. The highest BCUT2D eigenvalue weighted by atomic mass is 32.2. The molecule has 12 heavy (non-hydrogen) atoms. The summed E-state index contributed by atoms with van der Waals surface area (Å²) >= 11 is 1.17. The van der Waals surface area contributed by atoms with Crippen molar-refractivity contribution in [3.05, 3.63) is 34.4 Å². The summed E-state index contributed by atoms with van der Waals surface area (Å²) in [5, 5.41) is 10.2. The lowest BCUT2D eigenvalue weighted by Crippen LogP contribution is -1.86. The van der Waals surface area contributed by atoms with Crippen molar-refractivity contribution in [2.24, 2.45) is 0 Å². The van der Waals surface area contributed by atoms with E-state index in [4.69, 9.17) is 4.18 Å². The average Bonchev–Trinajstić information content (AvgIpc) is 2.06. The van der Waals surface area contributed by atoms with E-state index < -0.39 is 4.92 Å². The Bertz CT molecular complexity index is 272. The second kappa shape index (κ2) is 4.08. The minimum absolute atomic E-state index is 0.0930. The average molecular weight is 185 g/mol. The molecule has 0 atom stereocenters. The molecule has 4 nitrogen and oxygen atoms in total. The fraction of sp³-hybridized carbons (Fsp3) is 0.143. The Kier molecular flexibility index (Phi) is 3.07. The van der Waals surface area contributed by atoms with E-state index in [1.807, 2.05) is 0 Å². The maximum atomic E-state index is 10.2. The molecule has 0 spiro atoms. The number of hydrogen-bond donors (Lipinski definition) is 0. The Labute approximate surface area is 73.9 Å². The van der Waals surface area contributed by atoms with Crippen LogP contribution in [0.5, 0.6) is 0 Å². The molecule has 1 rings (SSSR count). The molecular formula is C7H7NO3S. The van der Waals surface area contributed by atoms with Crippen molar-refractivity contribution in [3.63, 3.8) is 0 Å². The number of hydrogen-bond acceptors (Lipinski definition) is 4. The van der Waals surface area contributed by atoms with Crippen LogP contribution in [0.25, 0.3) is 0 Å². The van der Waals surface area contributed by atoms with E-state index in [9.17, 15) is 10.1 Å². The molecule has 0 amide bonds. The van der Waals surface area contributed by atoms with Gasteiger partial charge in [-0.05, 0) is 12.1 Å². The van der Waals surface area contributed by atoms with Gasteiger partial charge in [0.15, 0.2) is 0 Å². The van der Waals surface area contributed by atoms with Gasteiger partial charge in [-0.2, -0.15) is 0 Å². The summed E-state index contributed by atoms with van der Waals surface area (Å²) in [6.07, 6.45) is 0. The molecule has 0 aliphatic rings. The van der Waals surface area contributed by atoms with Crippen LogP contribution in [0.3, 0.4) is 0 Å². The molecule has 1 aromatic rings. The van der Waals surface area contributed by atoms with Gasteiger partial charge in [-0.1, -0.05) is 0 Å². The second-order valence-electron chi connectivity index (χ2n) is 2.00. The van der Waals surface area contributed by atoms with Crippen LogP contribution in [-0.2, 0) is 4.18 Å². The van der Waals surface area contributed by atoms with Crippen molar-refractivity contribution in [2.45, 2.75) is 4.90 Å². The van der Waals surface area contributed by atoms with Crippen LogP contribution in [0.1, 0.15) is 0 Å². The predicted molar refractivity (Wildman–Crippen MR) is 46.0 cm³/mol. The zero-order valence-corrected chi connectivity index (χ0v) is 7.21. The van der Waals surface area contributed by atoms with E-state index in [1.54, 1.807) is 19.2 Å². The molecule has 0 unspecified atom stereocenters. The van der Waals surface area contributed by atoms with Gasteiger partial charge in [0.1, 0.15) is 0 Å². The quantitative estimate of drug-likeness (QED) is 0.411. The maximum absolute atomic E-state index is 10.2. The Balaban J connectivity index is 2.78. The van der Waals surface area contributed by atoms with Gasteiger partial charge in [-0.15, -0.1) is 0 Å². The summed E-state index contributed by atoms with van der Waals surface area (Å²) in [6.45, 7) is 0. The predicted octanol–water partition coefficient (Wildman–Crippen LogP) is 2.25. The molecule has 0 aliphatic carbocycles. The molecule has 0 aromatic heterocycles. The van der Waals surface area contributed by atoms with Crippen LogP contribution < -0.4 is 0 Å². The smallest absolute Gasteiger partial charge is 0.269 e. The Morgan fingerprint density at radius 2 is 2.00 bits per heavy atom. The first-order valence-electron chi connectivity index (χ1n) is 3.19. The lowest BCUT2D eigenvalue weighted by atomic mass is 10.3. The van der Waals surface area contributed by atoms with Gasteiger partial charge in [0, 0.05) is 29.1 Å². The van der Waals surface area contributed by atoms with Crippen LogP contribution in [0.15, 0.2) is 29.2 Å². The van der Waals surface area contributed by atoms with Gasteiger partial charge >= 0.3 is 0 Å². The molecule has 0 saturated heterocycles. The van der Waals surface area contributed by atoms with E-state index >= 15 is 0 Å².